The quantitative estimate of drug-likeness (QED) is 0.501. The van der Waals surface area contributed by atoms with E-state index in [1.54, 1.807) is 13.0 Å². The number of anilines is 1. The zero-order valence-electron chi connectivity index (χ0n) is 18.3. The average Bonchev–Trinajstić information content (AvgIpc) is 3.55. The van der Waals surface area contributed by atoms with Crippen LogP contribution in [-0.2, 0) is 19.8 Å². The lowest BCUT2D eigenvalue weighted by Crippen LogP contribution is -2.47. The number of nitrogens with one attached hydrogen (secondary N) is 3. The van der Waals surface area contributed by atoms with Crippen molar-refractivity contribution in [3.05, 3.63) is 29.6 Å². The number of halogens is 3. The van der Waals surface area contributed by atoms with E-state index in [-0.39, 0.29) is 30.9 Å². The maximum Gasteiger partial charge on any atom is 0.248 e. The van der Waals surface area contributed by atoms with Crippen LogP contribution >= 0.6 is 0 Å². The Morgan fingerprint density at radius 2 is 1.97 bits per heavy atom. The molecule has 2 aliphatic carbocycles. The van der Waals surface area contributed by atoms with E-state index in [0.29, 0.717) is 37.5 Å². The van der Waals surface area contributed by atoms with E-state index in [1.165, 1.54) is 19.2 Å². The number of likely N-dealkylation sites (N-methyl/N-ethyl adjacent to an activating group) is 1. The Kier molecular flexibility index (Phi) is 7.27. The molecule has 9 heteroatoms. The first-order chi connectivity index (χ1) is 15.2. The number of hydrogen-bond acceptors (Lipinski definition) is 4. The van der Waals surface area contributed by atoms with Crippen LogP contribution in [0.1, 0.15) is 57.4 Å². The standard InChI is InChI=1S/C23H30F3N3O3/c1-3-19(31)29-18(13-30)22(9-10-22)15-6-7-17(16(24)11-15)28-21(32)20(27-2)14-5-4-8-23(25,26)12-14/h6-7,11,13-14,18,20,27H,3-5,8-10,12H2,1-2H3,(H,28,32)(H,29,31). The molecule has 2 fully saturated rings. The van der Waals surface area contributed by atoms with Gasteiger partial charge in [-0.1, -0.05) is 13.0 Å². The van der Waals surface area contributed by atoms with Gasteiger partial charge in [0.15, 0.2) is 0 Å². The van der Waals surface area contributed by atoms with E-state index in [2.05, 4.69) is 16.0 Å². The van der Waals surface area contributed by atoms with Crippen molar-refractivity contribution in [3.63, 3.8) is 0 Å². The summed E-state index contributed by atoms with van der Waals surface area (Å²) in [7, 11) is 1.53. The predicted molar refractivity (Wildman–Crippen MR) is 114 cm³/mol. The summed E-state index contributed by atoms with van der Waals surface area (Å²) in [5.41, 5.74) is -0.145. The molecule has 1 aromatic rings. The van der Waals surface area contributed by atoms with Crippen molar-refractivity contribution >= 4 is 23.8 Å². The number of hydrogen-bond donors (Lipinski definition) is 3. The SMILES string of the molecule is CCC(=O)NC(C=O)C1(c2ccc(NC(=O)C(NC)C3CCCC(F)(F)C3)c(F)c2)CC1. The Labute approximate surface area is 185 Å². The molecule has 0 aromatic heterocycles. The van der Waals surface area contributed by atoms with Crippen molar-refractivity contribution in [1.29, 1.82) is 0 Å². The van der Waals surface area contributed by atoms with Crippen molar-refractivity contribution in [3.8, 4) is 0 Å². The summed E-state index contributed by atoms with van der Waals surface area (Å²) < 4.78 is 42.5. The molecular weight excluding hydrogens is 423 g/mol. The topological polar surface area (TPSA) is 87.3 Å². The highest BCUT2D eigenvalue weighted by Gasteiger charge is 2.51. The Morgan fingerprint density at radius 1 is 1.25 bits per heavy atom. The number of carbonyl (C=O) groups is 3. The Morgan fingerprint density at radius 3 is 2.50 bits per heavy atom. The van der Waals surface area contributed by atoms with Crippen LogP contribution in [0.15, 0.2) is 18.2 Å². The fraction of sp³-hybridized carbons (Fsp3) is 0.609. The van der Waals surface area contributed by atoms with Gasteiger partial charge in [0.05, 0.1) is 17.8 Å². The third kappa shape index (κ3) is 5.14. The van der Waals surface area contributed by atoms with Gasteiger partial charge in [0.2, 0.25) is 17.7 Å². The summed E-state index contributed by atoms with van der Waals surface area (Å²) in [6.45, 7) is 1.68. The maximum absolute atomic E-state index is 14.9. The summed E-state index contributed by atoms with van der Waals surface area (Å²) in [4.78, 5) is 36.1. The summed E-state index contributed by atoms with van der Waals surface area (Å²) in [5, 5.41) is 7.98. The summed E-state index contributed by atoms with van der Waals surface area (Å²) in [6.07, 6.45) is 2.43. The number of amides is 2. The van der Waals surface area contributed by atoms with Gasteiger partial charge in [-0.25, -0.2) is 13.2 Å². The Balaban J connectivity index is 1.73. The smallest absolute Gasteiger partial charge is 0.248 e. The summed E-state index contributed by atoms with van der Waals surface area (Å²) in [6, 6.07) is 2.69. The van der Waals surface area contributed by atoms with Crippen LogP contribution in [0.4, 0.5) is 18.9 Å². The molecule has 176 valence electrons. The first kappa shape index (κ1) is 24.2. The molecule has 1 aromatic carbocycles. The van der Waals surface area contributed by atoms with Gasteiger partial charge in [0, 0.05) is 24.7 Å². The number of alkyl halides is 2. The Bertz CT molecular complexity index is 873. The van der Waals surface area contributed by atoms with Gasteiger partial charge in [0.25, 0.3) is 0 Å². The van der Waals surface area contributed by atoms with Crippen molar-refractivity contribution in [1.82, 2.24) is 10.6 Å². The molecule has 3 rings (SSSR count). The van der Waals surface area contributed by atoms with Gasteiger partial charge < -0.3 is 20.7 Å². The molecule has 0 radical (unpaired) electrons. The molecule has 2 aliphatic rings. The van der Waals surface area contributed by atoms with Crippen molar-refractivity contribution in [2.75, 3.05) is 12.4 Å². The zero-order valence-corrected chi connectivity index (χ0v) is 18.3. The highest BCUT2D eigenvalue weighted by molar-refractivity contribution is 5.95. The zero-order chi connectivity index (χ0) is 23.5. The van der Waals surface area contributed by atoms with Crippen LogP contribution in [0.2, 0.25) is 0 Å². The molecule has 3 atom stereocenters. The molecule has 0 bridgehead atoms. The van der Waals surface area contributed by atoms with E-state index in [9.17, 15) is 27.6 Å². The second-order valence-corrected chi connectivity index (χ2v) is 8.85. The minimum atomic E-state index is -2.80. The molecule has 0 spiro atoms. The fourth-order valence-corrected chi connectivity index (χ4v) is 4.70. The lowest BCUT2D eigenvalue weighted by Gasteiger charge is -2.33. The van der Waals surface area contributed by atoms with Crippen LogP contribution in [0.3, 0.4) is 0 Å². The van der Waals surface area contributed by atoms with Crippen LogP contribution in [0.25, 0.3) is 0 Å². The normalized spacial score (nSPS) is 23.0. The summed E-state index contributed by atoms with van der Waals surface area (Å²) >= 11 is 0. The molecule has 3 unspecified atom stereocenters. The van der Waals surface area contributed by atoms with Crippen LogP contribution < -0.4 is 16.0 Å². The lowest BCUT2D eigenvalue weighted by atomic mass is 9.81. The molecule has 0 saturated heterocycles. The van der Waals surface area contributed by atoms with E-state index in [0.717, 1.165) is 0 Å². The van der Waals surface area contributed by atoms with E-state index in [1.807, 2.05) is 0 Å². The number of benzene rings is 1. The van der Waals surface area contributed by atoms with E-state index in [4.69, 9.17) is 0 Å². The third-order valence-corrected chi connectivity index (χ3v) is 6.70. The van der Waals surface area contributed by atoms with Crippen LogP contribution in [0, 0.1) is 11.7 Å². The average molecular weight is 454 g/mol. The second-order valence-electron chi connectivity index (χ2n) is 8.85. The highest BCUT2D eigenvalue weighted by atomic mass is 19.3. The van der Waals surface area contributed by atoms with Crippen molar-refractivity contribution in [2.45, 2.75) is 75.3 Å². The molecule has 6 nitrogen and oxygen atoms in total. The molecule has 3 N–H and O–H groups in total. The van der Waals surface area contributed by atoms with Gasteiger partial charge >= 0.3 is 0 Å². The molecule has 2 amide bonds. The first-order valence-corrected chi connectivity index (χ1v) is 11.1. The van der Waals surface area contributed by atoms with Gasteiger partial charge in [-0.15, -0.1) is 0 Å². The van der Waals surface area contributed by atoms with Crippen molar-refractivity contribution < 1.29 is 27.6 Å². The second kappa shape index (κ2) is 9.60. The molecule has 0 heterocycles. The van der Waals surface area contributed by atoms with Crippen molar-refractivity contribution in [2.24, 2.45) is 5.92 Å². The van der Waals surface area contributed by atoms with E-state index >= 15 is 0 Å². The summed E-state index contributed by atoms with van der Waals surface area (Å²) in [5.74, 6) is -4.85. The first-order valence-electron chi connectivity index (χ1n) is 11.1. The monoisotopic (exact) mass is 453 g/mol. The fourth-order valence-electron chi connectivity index (χ4n) is 4.70. The van der Waals surface area contributed by atoms with Crippen LogP contribution in [0.5, 0.6) is 0 Å². The largest absolute Gasteiger partial charge is 0.346 e. The van der Waals surface area contributed by atoms with Gasteiger partial charge in [-0.2, -0.15) is 0 Å². The van der Waals surface area contributed by atoms with Gasteiger partial charge in [-0.3, -0.25) is 9.59 Å². The highest BCUT2D eigenvalue weighted by Crippen LogP contribution is 2.51. The number of carbonyl (C=O) groups excluding carboxylic acids is 3. The minimum Gasteiger partial charge on any atom is -0.346 e. The molecule has 0 aliphatic heterocycles. The molecule has 2 saturated carbocycles. The third-order valence-electron chi connectivity index (χ3n) is 6.70. The van der Waals surface area contributed by atoms with Gasteiger partial charge in [0.1, 0.15) is 12.1 Å². The van der Waals surface area contributed by atoms with Crippen LogP contribution in [-0.4, -0.2) is 43.2 Å². The Hall–Kier alpha value is -2.42. The molecular formula is C23H30F3N3O3. The maximum atomic E-state index is 14.9. The number of rotatable bonds is 9. The molecule has 32 heavy (non-hydrogen) atoms. The number of aldehydes is 1. The van der Waals surface area contributed by atoms with Gasteiger partial charge in [-0.05, 0) is 56.3 Å². The van der Waals surface area contributed by atoms with E-state index < -0.39 is 41.1 Å². The predicted octanol–water partition coefficient (Wildman–Crippen LogP) is 3.30. The lowest BCUT2D eigenvalue weighted by molar-refractivity contribution is -0.124. The minimum absolute atomic E-state index is 0.0578.